The van der Waals surface area contributed by atoms with Crippen molar-refractivity contribution < 1.29 is 17.1 Å². The van der Waals surface area contributed by atoms with Gasteiger partial charge in [0, 0.05) is 31.1 Å². The van der Waals surface area contributed by atoms with E-state index in [1.54, 1.807) is 0 Å². The lowest BCUT2D eigenvalue weighted by atomic mass is 10.1. The summed E-state index contributed by atoms with van der Waals surface area (Å²) in [5.74, 6) is -1.18. The number of hydrogen-bond acceptors (Lipinski definition) is 4. The Bertz CT molecular complexity index is 625. The maximum Gasteiger partial charge on any atom is 0.302 e. The first-order valence-corrected chi connectivity index (χ1v) is 8.02. The van der Waals surface area contributed by atoms with E-state index in [1.165, 1.54) is 17.2 Å². The van der Waals surface area contributed by atoms with Crippen LogP contribution in [0.1, 0.15) is 6.42 Å². The highest BCUT2D eigenvalue weighted by Crippen LogP contribution is 2.29. The molecule has 1 aliphatic rings. The third-order valence-corrected chi connectivity index (χ3v) is 4.75. The van der Waals surface area contributed by atoms with Crippen LogP contribution >= 0.6 is 27.5 Å². The van der Waals surface area contributed by atoms with Gasteiger partial charge in [-0.1, -0.05) is 11.6 Å². The minimum absolute atomic E-state index is 0.0154. The molecule has 1 unspecified atom stereocenters. The number of rotatable bonds is 3. The van der Waals surface area contributed by atoms with E-state index in [0.29, 0.717) is 15.3 Å². The zero-order chi connectivity index (χ0) is 14.2. The molecule has 1 aromatic rings. The second kappa shape index (κ2) is 5.34. The Balaban J connectivity index is 2.18. The minimum atomic E-state index is -4.58. The summed E-state index contributed by atoms with van der Waals surface area (Å²) in [5.41, 5.74) is 0. The van der Waals surface area contributed by atoms with Gasteiger partial charge in [-0.25, -0.2) is 4.98 Å². The van der Waals surface area contributed by atoms with Crippen molar-refractivity contribution in [3.63, 3.8) is 0 Å². The second-order valence-corrected chi connectivity index (χ2v) is 6.91. The zero-order valence-corrected chi connectivity index (χ0v) is 12.7. The van der Waals surface area contributed by atoms with E-state index in [0.717, 1.165) is 0 Å². The fourth-order valence-corrected chi connectivity index (χ4v) is 3.10. The molecule has 1 aliphatic heterocycles. The molecule has 0 radical (unpaired) electrons. The van der Waals surface area contributed by atoms with E-state index in [9.17, 15) is 17.1 Å². The predicted molar refractivity (Wildman–Crippen MR) is 72.3 cm³/mol. The van der Waals surface area contributed by atoms with E-state index in [1.807, 2.05) is 0 Å². The highest BCUT2D eigenvalue weighted by atomic mass is 79.9. The highest BCUT2D eigenvalue weighted by molar-refractivity contribution is 9.10. The molecule has 1 fully saturated rings. The molecule has 0 aromatic carbocycles. The van der Waals surface area contributed by atoms with Crippen molar-refractivity contribution in [1.82, 2.24) is 4.98 Å². The maximum atomic E-state index is 12.6. The van der Waals surface area contributed by atoms with Crippen LogP contribution in [0, 0.1) is 5.92 Å². The fourth-order valence-electron chi connectivity index (χ4n) is 1.95. The van der Waals surface area contributed by atoms with E-state index < -0.39 is 21.9 Å². The summed E-state index contributed by atoms with van der Waals surface area (Å²) in [5, 5.41) is 0.388. The van der Waals surface area contributed by atoms with Crippen molar-refractivity contribution in [2.24, 2.45) is 5.92 Å². The molecule has 0 N–H and O–H groups in total. The first-order chi connectivity index (χ1) is 8.76. The van der Waals surface area contributed by atoms with E-state index >= 15 is 0 Å². The first kappa shape index (κ1) is 14.7. The molecule has 0 aliphatic carbocycles. The number of carbonyl (C=O) groups excluding carboxylic acids is 1. The van der Waals surface area contributed by atoms with Crippen molar-refractivity contribution in [2.75, 3.05) is 17.2 Å². The van der Waals surface area contributed by atoms with Crippen LogP contribution in [0.15, 0.2) is 16.7 Å². The lowest BCUT2D eigenvalue weighted by molar-refractivity contribution is -0.117. The normalized spacial score (nSPS) is 20.1. The smallest absolute Gasteiger partial charge is 0.296 e. The lowest BCUT2D eigenvalue weighted by Crippen LogP contribution is -2.26. The standard InChI is InChI=1S/C10H9BrClFN2O3S/c11-7-3-14-9(2-8(7)12)15-4-6(1-10(15)16)5-19(13,17)18/h2-3,6H,1,4-5H2. The average Bonchev–Trinajstić information content (AvgIpc) is 2.61. The van der Waals surface area contributed by atoms with Gasteiger partial charge in [-0.2, -0.15) is 8.42 Å². The van der Waals surface area contributed by atoms with Crippen LogP contribution in [0.3, 0.4) is 0 Å². The molecular formula is C10H9BrClFN2O3S. The van der Waals surface area contributed by atoms with Gasteiger partial charge in [-0.3, -0.25) is 9.69 Å². The van der Waals surface area contributed by atoms with Gasteiger partial charge < -0.3 is 0 Å². The number of hydrogen-bond donors (Lipinski definition) is 0. The topological polar surface area (TPSA) is 67.3 Å². The molecule has 1 amide bonds. The quantitative estimate of drug-likeness (QED) is 0.764. The molecular weight excluding hydrogens is 363 g/mol. The molecule has 0 saturated carbocycles. The number of carbonyl (C=O) groups is 1. The molecule has 5 nitrogen and oxygen atoms in total. The van der Waals surface area contributed by atoms with Gasteiger partial charge >= 0.3 is 10.2 Å². The average molecular weight is 372 g/mol. The van der Waals surface area contributed by atoms with Crippen LogP contribution in [-0.4, -0.2) is 31.6 Å². The minimum Gasteiger partial charge on any atom is -0.296 e. The van der Waals surface area contributed by atoms with E-state index in [-0.39, 0.29) is 18.9 Å². The maximum absolute atomic E-state index is 12.6. The Morgan fingerprint density at radius 2 is 2.26 bits per heavy atom. The Kier molecular flexibility index (Phi) is 4.12. The number of halogens is 3. The van der Waals surface area contributed by atoms with E-state index in [2.05, 4.69) is 20.9 Å². The van der Waals surface area contributed by atoms with Crippen molar-refractivity contribution in [1.29, 1.82) is 0 Å². The zero-order valence-electron chi connectivity index (χ0n) is 9.51. The Morgan fingerprint density at radius 1 is 1.58 bits per heavy atom. The summed E-state index contributed by atoms with van der Waals surface area (Å²) in [7, 11) is -4.58. The van der Waals surface area contributed by atoms with Crippen molar-refractivity contribution >= 4 is 49.5 Å². The van der Waals surface area contributed by atoms with Crippen LogP contribution in [-0.2, 0) is 15.0 Å². The van der Waals surface area contributed by atoms with Crippen LogP contribution in [0.5, 0.6) is 0 Å². The van der Waals surface area contributed by atoms with Gasteiger partial charge in [-0.15, -0.1) is 3.89 Å². The number of pyridine rings is 1. The predicted octanol–water partition coefficient (Wildman–Crippen LogP) is 2.15. The van der Waals surface area contributed by atoms with Gasteiger partial charge in [0.15, 0.2) is 0 Å². The third-order valence-electron chi connectivity index (χ3n) is 2.71. The molecule has 0 spiro atoms. The van der Waals surface area contributed by atoms with E-state index in [4.69, 9.17) is 11.6 Å². The molecule has 0 bridgehead atoms. The molecule has 1 saturated heterocycles. The molecule has 1 aromatic heterocycles. The lowest BCUT2D eigenvalue weighted by Gasteiger charge is -2.15. The first-order valence-electron chi connectivity index (χ1n) is 5.30. The molecule has 2 heterocycles. The van der Waals surface area contributed by atoms with Gasteiger partial charge in [-0.05, 0) is 15.9 Å². The van der Waals surface area contributed by atoms with Crippen molar-refractivity contribution in [3.8, 4) is 0 Å². The highest BCUT2D eigenvalue weighted by Gasteiger charge is 2.34. The van der Waals surface area contributed by atoms with Gasteiger partial charge in [0.25, 0.3) is 0 Å². The number of amides is 1. The summed E-state index contributed by atoms with van der Waals surface area (Å²) >= 11 is 9.08. The molecule has 19 heavy (non-hydrogen) atoms. The van der Waals surface area contributed by atoms with Crippen LogP contribution in [0.2, 0.25) is 5.02 Å². The Morgan fingerprint density at radius 3 is 2.84 bits per heavy atom. The molecule has 2 rings (SSSR count). The second-order valence-electron chi connectivity index (χ2n) is 4.24. The van der Waals surface area contributed by atoms with Crippen LogP contribution in [0.4, 0.5) is 9.70 Å². The third kappa shape index (κ3) is 3.64. The number of aromatic nitrogens is 1. The summed E-state index contributed by atoms with van der Waals surface area (Å²) in [6.07, 6.45) is 1.43. The molecule has 1 atom stereocenters. The monoisotopic (exact) mass is 370 g/mol. The van der Waals surface area contributed by atoms with Crippen molar-refractivity contribution in [2.45, 2.75) is 6.42 Å². The summed E-state index contributed by atoms with van der Waals surface area (Å²) in [6, 6.07) is 1.50. The Labute approximate surface area is 123 Å². The van der Waals surface area contributed by atoms with Crippen molar-refractivity contribution in [3.05, 3.63) is 21.8 Å². The van der Waals surface area contributed by atoms with Gasteiger partial charge in [0.2, 0.25) is 5.91 Å². The summed E-state index contributed by atoms with van der Waals surface area (Å²) < 4.78 is 34.4. The van der Waals surface area contributed by atoms with Gasteiger partial charge in [0.1, 0.15) is 5.82 Å². The largest absolute Gasteiger partial charge is 0.302 e. The summed E-state index contributed by atoms with van der Waals surface area (Å²) in [4.78, 5) is 17.1. The molecule has 9 heteroatoms. The molecule has 104 valence electrons. The summed E-state index contributed by atoms with van der Waals surface area (Å²) in [6.45, 7) is 0.118. The number of anilines is 1. The fraction of sp³-hybridized carbons (Fsp3) is 0.400. The van der Waals surface area contributed by atoms with Gasteiger partial charge in [0.05, 0.1) is 15.2 Å². The van der Waals surface area contributed by atoms with Crippen LogP contribution < -0.4 is 4.90 Å². The van der Waals surface area contributed by atoms with Crippen LogP contribution in [0.25, 0.3) is 0 Å². The number of nitrogens with zero attached hydrogens (tertiary/aromatic N) is 2. The Hall–Kier alpha value is -0.730. The SMILES string of the molecule is O=C1CC(CS(=O)(=O)F)CN1c1cc(Cl)c(Br)cn1.